The maximum atomic E-state index is 5.71. The van der Waals surface area contributed by atoms with Crippen LogP contribution in [0.5, 0.6) is 0 Å². The van der Waals surface area contributed by atoms with Crippen LogP contribution in [-0.2, 0) is 13.1 Å². The third-order valence-corrected chi connectivity index (χ3v) is 4.08. The maximum Gasteiger partial charge on any atom is 0.122 e. The van der Waals surface area contributed by atoms with Crippen molar-refractivity contribution in [2.75, 3.05) is 6.54 Å². The van der Waals surface area contributed by atoms with E-state index in [2.05, 4.69) is 37.1 Å². The first-order valence-corrected chi connectivity index (χ1v) is 7.69. The molecule has 3 nitrogen and oxygen atoms in total. The van der Waals surface area contributed by atoms with Crippen molar-refractivity contribution in [1.29, 1.82) is 0 Å². The number of hydrogen-bond donors (Lipinski definition) is 1. The van der Waals surface area contributed by atoms with Crippen LogP contribution in [0.2, 0.25) is 0 Å². The molecule has 0 bridgehead atoms. The topological polar surface area (TPSA) is 28.4 Å². The van der Waals surface area contributed by atoms with Crippen molar-refractivity contribution in [2.24, 2.45) is 0 Å². The van der Waals surface area contributed by atoms with Gasteiger partial charge in [0.2, 0.25) is 0 Å². The molecule has 1 aliphatic rings. The average Bonchev–Trinajstić information content (AvgIpc) is 2.71. The molecule has 1 unspecified atom stereocenters. The smallest absolute Gasteiger partial charge is 0.122 e. The van der Waals surface area contributed by atoms with Gasteiger partial charge >= 0.3 is 0 Å². The monoisotopic (exact) mass is 264 g/mol. The van der Waals surface area contributed by atoms with E-state index in [1.807, 2.05) is 6.26 Å². The summed E-state index contributed by atoms with van der Waals surface area (Å²) in [4.78, 5) is 2.57. The molecular formula is C16H28N2O. The van der Waals surface area contributed by atoms with Crippen molar-refractivity contribution < 1.29 is 4.42 Å². The molecule has 1 fully saturated rings. The average molecular weight is 264 g/mol. The summed E-state index contributed by atoms with van der Waals surface area (Å²) in [6, 6.07) is 3.30. The summed E-state index contributed by atoms with van der Waals surface area (Å²) >= 11 is 0. The molecule has 1 atom stereocenters. The highest BCUT2D eigenvalue weighted by atomic mass is 16.3. The Balaban J connectivity index is 1.95. The van der Waals surface area contributed by atoms with Crippen molar-refractivity contribution in [3.63, 3.8) is 0 Å². The van der Waals surface area contributed by atoms with Crippen molar-refractivity contribution >= 4 is 0 Å². The fourth-order valence-electron chi connectivity index (χ4n) is 2.73. The summed E-state index contributed by atoms with van der Waals surface area (Å²) in [5, 5.41) is 3.47. The molecule has 1 aromatic rings. The van der Waals surface area contributed by atoms with E-state index in [-0.39, 0.29) is 0 Å². The number of nitrogens with zero attached hydrogens (tertiary/aromatic N) is 1. The Morgan fingerprint density at radius 3 is 3.00 bits per heavy atom. The van der Waals surface area contributed by atoms with Crippen molar-refractivity contribution in [3.8, 4) is 0 Å². The van der Waals surface area contributed by atoms with Crippen molar-refractivity contribution in [3.05, 3.63) is 23.7 Å². The summed E-state index contributed by atoms with van der Waals surface area (Å²) in [7, 11) is 0. The van der Waals surface area contributed by atoms with Crippen LogP contribution >= 0.6 is 0 Å². The summed E-state index contributed by atoms with van der Waals surface area (Å²) < 4.78 is 5.71. The van der Waals surface area contributed by atoms with Gasteiger partial charge in [-0.25, -0.2) is 0 Å². The van der Waals surface area contributed by atoms with Gasteiger partial charge in [-0.2, -0.15) is 0 Å². The fourth-order valence-corrected chi connectivity index (χ4v) is 2.73. The van der Waals surface area contributed by atoms with Gasteiger partial charge in [-0.15, -0.1) is 0 Å². The molecule has 1 aliphatic heterocycles. The lowest BCUT2D eigenvalue weighted by atomic mass is 10.1. The lowest BCUT2D eigenvalue weighted by Gasteiger charge is -2.26. The summed E-state index contributed by atoms with van der Waals surface area (Å²) in [5.74, 6) is 1.14. The Morgan fingerprint density at radius 2 is 2.21 bits per heavy atom. The molecule has 0 spiro atoms. The first-order valence-electron chi connectivity index (χ1n) is 7.69. The Morgan fingerprint density at radius 1 is 1.37 bits per heavy atom. The second-order valence-electron chi connectivity index (χ2n) is 6.07. The van der Waals surface area contributed by atoms with Crippen LogP contribution in [0.3, 0.4) is 0 Å². The second kappa shape index (κ2) is 7.11. The van der Waals surface area contributed by atoms with Gasteiger partial charge in [-0.3, -0.25) is 4.90 Å². The van der Waals surface area contributed by atoms with Crippen LogP contribution in [0.1, 0.15) is 57.8 Å². The van der Waals surface area contributed by atoms with Crippen LogP contribution < -0.4 is 5.32 Å². The van der Waals surface area contributed by atoms with Crippen LogP contribution in [-0.4, -0.2) is 23.5 Å². The molecule has 0 aromatic carbocycles. The Bertz CT molecular complexity index is 373. The van der Waals surface area contributed by atoms with Gasteiger partial charge in [0.25, 0.3) is 0 Å². The van der Waals surface area contributed by atoms with Crippen LogP contribution in [0.4, 0.5) is 0 Å². The molecule has 1 N–H and O–H groups in total. The predicted molar refractivity (Wildman–Crippen MR) is 79.0 cm³/mol. The van der Waals surface area contributed by atoms with E-state index in [0.29, 0.717) is 12.1 Å². The minimum absolute atomic E-state index is 0.514. The largest absolute Gasteiger partial charge is 0.468 e. The standard InChI is InChI=1S/C16H28N2O/c1-13(2)17-11-15-8-10-19-16(15)12-18-9-6-4-5-7-14(18)3/h8,10,13-14,17H,4-7,9,11-12H2,1-3H3. The number of furan rings is 1. The zero-order chi connectivity index (χ0) is 13.7. The van der Waals surface area contributed by atoms with Gasteiger partial charge in [-0.1, -0.05) is 26.7 Å². The third-order valence-electron chi connectivity index (χ3n) is 4.08. The van der Waals surface area contributed by atoms with Gasteiger partial charge in [0.1, 0.15) is 5.76 Å². The molecule has 19 heavy (non-hydrogen) atoms. The fraction of sp³-hybridized carbons (Fsp3) is 0.750. The van der Waals surface area contributed by atoms with E-state index in [1.165, 1.54) is 37.8 Å². The highest BCUT2D eigenvalue weighted by Crippen LogP contribution is 2.21. The number of nitrogens with one attached hydrogen (secondary N) is 1. The quantitative estimate of drug-likeness (QED) is 0.881. The molecule has 0 radical (unpaired) electrons. The summed E-state index contributed by atoms with van der Waals surface area (Å²) in [6.07, 6.45) is 7.22. The third kappa shape index (κ3) is 4.36. The van der Waals surface area contributed by atoms with E-state index in [4.69, 9.17) is 4.42 Å². The number of likely N-dealkylation sites (tertiary alicyclic amines) is 1. The maximum absolute atomic E-state index is 5.71. The minimum atomic E-state index is 0.514. The number of rotatable bonds is 5. The van der Waals surface area contributed by atoms with E-state index < -0.39 is 0 Å². The molecule has 2 heterocycles. The first kappa shape index (κ1) is 14.6. The van der Waals surface area contributed by atoms with Crippen molar-refractivity contribution in [1.82, 2.24) is 10.2 Å². The van der Waals surface area contributed by atoms with Crippen LogP contribution in [0, 0.1) is 0 Å². The zero-order valence-corrected chi connectivity index (χ0v) is 12.6. The van der Waals surface area contributed by atoms with Gasteiger partial charge in [0.15, 0.2) is 0 Å². The molecule has 1 saturated heterocycles. The minimum Gasteiger partial charge on any atom is -0.468 e. The molecule has 3 heteroatoms. The molecule has 0 saturated carbocycles. The summed E-state index contributed by atoms with van der Waals surface area (Å²) in [6.45, 7) is 9.78. The summed E-state index contributed by atoms with van der Waals surface area (Å²) in [5.41, 5.74) is 1.31. The molecule has 0 amide bonds. The highest BCUT2D eigenvalue weighted by molar-refractivity contribution is 5.17. The Kier molecular flexibility index (Phi) is 5.46. The van der Waals surface area contributed by atoms with E-state index in [1.54, 1.807) is 0 Å². The zero-order valence-electron chi connectivity index (χ0n) is 12.6. The highest BCUT2D eigenvalue weighted by Gasteiger charge is 2.19. The first-order chi connectivity index (χ1) is 9.16. The molecule has 1 aromatic heterocycles. The Labute approximate surface area is 117 Å². The van der Waals surface area contributed by atoms with Gasteiger partial charge in [0.05, 0.1) is 12.8 Å². The lowest BCUT2D eigenvalue weighted by molar-refractivity contribution is 0.188. The second-order valence-corrected chi connectivity index (χ2v) is 6.07. The number of hydrogen-bond acceptors (Lipinski definition) is 3. The van der Waals surface area contributed by atoms with Gasteiger partial charge in [-0.05, 0) is 32.4 Å². The molecule has 0 aliphatic carbocycles. The van der Waals surface area contributed by atoms with E-state index in [9.17, 15) is 0 Å². The molecule has 2 rings (SSSR count). The van der Waals surface area contributed by atoms with E-state index >= 15 is 0 Å². The van der Waals surface area contributed by atoms with Crippen molar-refractivity contribution in [2.45, 2.75) is 71.6 Å². The van der Waals surface area contributed by atoms with E-state index in [0.717, 1.165) is 18.8 Å². The van der Waals surface area contributed by atoms with Crippen LogP contribution in [0.15, 0.2) is 16.7 Å². The molecular weight excluding hydrogens is 236 g/mol. The normalized spacial score (nSPS) is 21.8. The van der Waals surface area contributed by atoms with Crippen LogP contribution in [0.25, 0.3) is 0 Å². The van der Waals surface area contributed by atoms with Gasteiger partial charge < -0.3 is 9.73 Å². The SMILES string of the molecule is CC(C)NCc1ccoc1CN1CCCCCC1C. The lowest BCUT2D eigenvalue weighted by Crippen LogP contribution is -2.32. The predicted octanol–water partition coefficient (Wildman–Crippen LogP) is 3.54. The van der Waals surface area contributed by atoms with Gasteiger partial charge in [0, 0.05) is 24.2 Å². The Hall–Kier alpha value is -0.800. The molecule has 108 valence electrons.